The Morgan fingerprint density at radius 2 is 0.802 bits per heavy atom. The fourth-order valence-electron chi connectivity index (χ4n) is 19.9. The van der Waals surface area contributed by atoms with Crippen LogP contribution in [0.3, 0.4) is 0 Å². The lowest BCUT2D eigenvalue weighted by molar-refractivity contribution is -0.663. The molecule has 4 aliphatic rings. The molecule has 22 rings (SSSR count). The highest BCUT2D eigenvalue weighted by molar-refractivity contribution is 6.01. The van der Waals surface area contributed by atoms with Gasteiger partial charge in [0.1, 0.15) is 46.1 Å². The SMILES string of the molecule is Cc1cc(-c2c(C)c(C)cc3c2Cc2nccn2-3)[n+](C)cn1.Cc1cc(-c2c(C)ccc3c2Cc2nccn2-3)[n+](C)cn1.Cc1ccc2c(c1-c1n(-c3c(C(C)C)cccc3C(C)C)c3ccccc3[n+]1C)Cc1nc3ccccc3n1-2.[2H]C(C)(C)c1cccc(C([2H])(C)C)c1-n1c(-c2c3c(c4ccccc4c2C)-n2ccnc2C3)[n+](C)c2ccccc21. The molecule has 8 aromatic heterocycles. The van der Waals surface area contributed by atoms with Gasteiger partial charge in [-0.2, -0.15) is 9.13 Å². The van der Waals surface area contributed by atoms with Crippen molar-refractivity contribution >= 4 is 43.9 Å². The Bertz CT molecular complexity index is 7320. The minimum atomic E-state index is -0.875. The fourth-order valence-corrected chi connectivity index (χ4v) is 19.9. The first kappa shape index (κ1) is 75.2. The summed E-state index contributed by atoms with van der Waals surface area (Å²) in [5.74, 6) is 5.74. The van der Waals surface area contributed by atoms with E-state index in [1.165, 1.54) is 156 Å². The number of fused-ring (bicyclic) bond motifs is 18. The smallest absolute Gasteiger partial charge is 0.295 e. The van der Waals surface area contributed by atoms with E-state index in [4.69, 9.17) is 9.97 Å². The Morgan fingerprint density at radius 1 is 0.355 bits per heavy atom. The molecule has 10 aromatic carbocycles. The molecule has 4 aliphatic heterocycles. The van der Waals surface area contributed by atoms with Crippen LogP contribution in [0.2, 0.25) is 0 Å². The van der Waals surface area contributed by atoms with Crippen LogP contribution >= 0.6 is 0 Å². The van der Waals surface area contributed by atoms with E-state index in [9.17, 15) is 2.74 Å². The van der Waals surface area contributed by atoms with Crippen molar-refractivity contribution in [2.75, 3.05) is 0 Å². The number of rotatable bonds is 10. The summed E-state index contributed by atoms with van der Waals surface area (Å²) in [6.45, 7) is 32.1. The Balaban J connectivity index is 0.000000112. The maximum absolute atomic E-state index is 9.20. The zero-order valence-electron chi connectivity index (χ0n) is 75.0. The molecule has 0 amide bonds. The highest BCUT2D eigenvalue weighted by Gasteiger charge is 2.40. The first-order chi connectivity index (χ1) is 59.1. The van der Waals surface area contributed by atoms with Crippen LogP contribution < -0.4 is 18.3 Å². The van der Waals surface area contributed by atoms with Crippen molar-refractivity contribution in [1.82, 2.24) is 57.3 Å². The minimum absolute atomic E-state index is 0.400. The average molecular weight is 1590 g/mol. The first-order valence-electron chi connectivity index (χ1n) is 43.4. The van der Waals surface area contributed by atoms with Crippen LogP contribution in [-0.4, -0.2) is 57.3 Å². The van der Waals surface area contributed by atoms with Crippen molar-refractivity contribution in [2.24, 2.45) is 28.2 Å². The molecule has 0 aliphatic carbocycles. The Morgan fingerprint density at radius 3 is 1.38 bits per heavy atom. The van der Waals surface area contributed by atoms with Gasteiger partial charge in [0.25, 0.3) is 24.3 Å². The van der Waals surface area contributed by atoms with Crippen molar-refractivity contribution in [3.8, 4) is 79.4 Å². The Kier molecular flexibility index (Phi) is 18.7. The van der Waals surface area contributed by atoms with Gasteiger partial charge in [-0.1, -0.05) is 175 Å². The molecular formula is C105H106N16+4. The van der Waals surface area contributed by atoms with Crippen LogP contribution in [-0.2, 0) is 53.9 Å². The van der Waals surface area contributed by atoms with Crippen LogP contribution in [0, 0.1) is 48.5 Å². The molecule has 12 heterocycles. The fraction of sp³-hybridized carbons (Fsp3) is 0.257. The van der Waals surface area contributed by atoms with Crippen LogP contribution in [0.5, 0.6) is 0 Å². The monoisotopic (exact) mass is 1590 g/mol. The molecule has 0 saturated carbocycles. The quantitative estimate of drug-likeness (QED) is 0.126. The van der Waals surface area contributed by atoms with Crippen LogP contribution in [0.15, 0.2) is 226 Å². The zero-order valence-corrected chi connectivity index (χ0v) is 73.0. The molecule has 121 heavy (non-hydrogen) atoms. The Hall–Kier alpha value is -13.3. The molecule has 0 N–H and O–H groups in total. The topological polar surface area (TPSA) is 122 Å². The summed E-state index contributed by atoms with van der Waals surface area (Å²) in [5.41, 5.74) is 40.1. The Labute approximate surface area is 711 Å². The minimum Gasteiger partial charge on any atom is -0.303 e. The van der Waals surface area contributed by atoms with Gasteiger partial charge in [-0.15, -0.1) is 0 Å². The third-order valence-electron chi connectivity index (χ3n) is 25.8. The number of aromatic nitrogens is 16. The predicted octanol–water partition coefficient (Wildman–Crippen LogP) is 20.7. The molecule has 16 nitrogen and oxygen atoms in total. The lowest BCUT2D eigenvalue weighted by Crippen LogP contribution is -2.32. The molecule has 0 spiro atoms. The van der Waals surface area contributed by atoms with E-state index in [0.717, 1.165) is 99.6 Å². The third kappa shape index (κ3) is 12.6. The van der Waals surface area contributed by atoms with Crippen LogP contribution in [0.1, 0.15) is 189 Å². The van der Waals surface area contributed by atoms with Crippen molar-refractivity contribution in [2.45, 2.75) is 153 Å². The molecule has 18 aromatic rings. The molecule has 0 fully saturated rings. The largest absolute Gasteiger partial charge is 0.303 e. The predicted molar refractivity (Wildman–Crippen MR) is 486 cm³/mol. The standard InChI is InChI=1S/2C35H35N4.C18H19N4.C17H17N4/c1-21(2)24-12-11-13-25(22(3)4)34(24)39-31-17-10-9-16-30(31)37(6)35(39)33-23(5)18-19-28-26(33)20-32-36-27-14-7-8-15-29(27)38(28)32;1-21(2)24-14-11-15-25(22(3)4)34(24)39-30-17-10-9-16-29(30)37(6)35(39)32-23(5)26-12-7-8-13-27(26)33-28(32)20-31-36-18-19-38(31)33;1-11-7-15-14(9-17-19-5-6-22(15)17)18(13(11)3)16-8-12(2)20-10-21(16)4;1-11-4-5-14-13(9-16-18-6-7-21(14)16)17(11)15-8-12(2)19-10-20(15)3/h2*7-19,21-22H,20H2,1-6H3;5-8,10H,9H2,1-4H3;4-8,10H,9H2,1-3H3/q4*+1/i;21D,22D;;. The number of benzene rings is 10. The summed E-state index contributed by atoms with van der Waals surface area (Å²) in [4.78, 5) is 27.5. The molecule has 0 atom stereocenters. The number of hydrogen-bond donors (Lipinski definition) is 0. The maximum Gasteiger partial charge on any atom is 0.295 e. The van der Waals surface area contributed by atoms with E-state index in [1.54, 1.807) is 0 Å². The molecule has 16 heteroatoms. The zero-order chi connectivity index (χ0) is 85.8. The second-order valence-corrected chi connectivity index (χ2v) is 34.5. The number of nitrogens with zero attached hydrogens (tertiary/aromatic N) is 16. The van der Waals surface area contributed by atoms with Gasteiger partial charge >= 0.3 is 0 Å². The highest BCUT2D eigenvalue weighted by Crippen LogP contribution is 2.48. The lowest BCUT2D eigenvalue weighted by Gasteiger charge is -2.20. The molecular weight excluding hydrogens is 1490 g/mol. The van der Waals surface area contributed by atoms with E-state index < -0.39 is 11.8 Å². The van der Waals surface area contributed by atoms with Crippen molar-refractivity contribution in [3.05, 3.63) is 333 Å². The van der Waals surface area contributed by atoms with Gasteiger partial charge in [-0.05, 0) is 163 Å². The van der Waals surface area contributed by atoms with E-state index in [-0.39, 0.29) is 0 Å². The summed E-state index contributed by atoms with van der Waals surface area (Å²) in [6.07, 6.45) is 18.9. The molecule has 0 radical (unpaired) electrons. The van der Waals surface area contributed by atoms with Crippen LogP contribution in [0.25, 0.3) is 123 Å². The van der Waals surface area contributed by atoms with Crippen molar-refractivity contribution in [1.29, 1.82) is 0 Å². The summed E-state index contributed by atoms with van der Waals surface area (Å²) < 4.78 is 41.2. The number of aryl methyl sites for hydroxylation is 10. The van der Waals surface area contributed by atoms with Crippen LogP contribution in [0.4, 0.5) is 0 Å². The normalized spacial score (nSPS) is 13.0. The molecule has 0 saturated heterocycles. The summed E-state index contributed by atoms with van der Waals surface area (Å²) in [7, 11) is 8.48. The third-order valence-corrected chi connectivity index (χ3v) is 25.8. The average Bonchev–Trinajstić information content (AvgIpc) is 1.57. The van der Waals surface area contributed by atoms with E-state index in [1.807, 2.05) is 92.1 Å². The van der Waals surface area contributed by atoms with Gasteiger partial charge in [0.2, 0.25) is 0 Å². The van der Waals surface area contributed by atoms with Gasteiger partial charge in [0, 0.05) is 136 Å². The van der Waals surface area contributed by atoms with E-state index >= 15 is 0 Å². The first-order valence-corrected chi connectivity index (χ1v) is 42.4. The second kappa shape index (κ2) is 30.2. The summed E-state index contributed by atoms with van der Waals surface area (Å²) in [5, 5.41) is 2.45. The number of hydrogen-bond acceptors (Lipinski definition) is 6. The summed E-state index contributed by atoms with van der Waals surface area (Å²) >= 11 is 0. The summed E-state index contributed by atoms with van der Waals surface area (Å²) in [6, 6.07) is 63.0. The van der Waals surface area contributed by atoms with Crippen molar-refractivity contribution < 1.29 is 21.0 Å². The van der Waals surface area contributed by atoms with E-state index in [2.05, 4.69) is 331 Å². The molecule has 0 unspecified atom stereocenters. The second-order valence-electron chi connectivity index (χ2n) is 34.5. The molecule has 0 bridgehead atoms. The number of imidazole rings is 6. The van der Waals surface area contributed by atoms with Gasteiger partial charge in [0.15, 0.2) is 33.5 Å². The van der Waals surface area contributed by atoms with Gasteiger partial charge in [-0.3, -0.25) is 4.57 Å². The van der Waals surface area contributed by atoms with E-state index in [0.29, 0.717) is 11.8 Å². The highest BCUT2D eigenvalue weighted by atomic mass is 15.2. The number of para-hydroxylation sites is 8. The van der Waals surface area contributed by atoms with Gasteiger partial charge < -0.3 is 13.7 Å². The van der Waals surface area contributed by atoms with Crippen molar-refractivity contribution in [3.63, 3.8) is 0 Å². The lowest BCUT2D eigenvalue weighted by atomic mass is 9.90. The van der Waals surface area contributed by atoms with Gasteiger partial charge in [-0.25, -0.2) is 38.2 Å². The maximum atomic E-state index is 9.20. The molecule has 602 valence electrons. The van der Waals surface area contributed by atoms with Gasteiger partial charge in [0.05, 0.1) is 73.1 Å².